The molecule has 2 aromatic rings. The van der Waals surface area contributed by atoms with Gasteiger partial charge in [0.1, 0.15) is 17.2 Å². The number of hydrogen-bond donors (Lipinski definition) is 2. The highest BCUT2D eigenvalue weighted by Gasteiger charge is 2.11. The summed E-state index contributed by atoms with van der Waals surface area (Å²) in [4.78, 5) is 24.6. The molecule has 0 saturated heterocycles. The molecule has 0 spiro atoms. The molecule has 2 N–H and O–H groups in total. The van der Waals surface area contributed by atoms with E-state index in [0.717, 1.165) is 5.56 Å². The van der Waals surface area contributed by atoms with Crippen LogP contribution >= 0.6 is 0 Å². The van der Waals surface area contributed by atoms with E-state index in [9.17, 15) is 9.59 Å². The van der Waals surface area contributed by atoms with E-state index in [4.69, 9.17) is 14.2 Å². The smallest absolute Gasteiger partial charge is 0.271 e. The number of carbonyl (C=O) groups is 2. The zero-order chi connectivity index (χ0) is 21.4. The van der Waals surface area contributed by atoms with Crippen LogP contribution in [0.25, 0.3) is 0 Å². The maximum absolute atomic E-state index is 12.3. The summed E-state index contributed by atoms with van der Waals surface area (Å²) in [7, 11) is 4.54. The number of hydrazone groups is 1. The second-order valence-electron chi connectivity index (χ2n) is 6.32. The number of nitrogens with zero attached hydrogens (tertiary/aromatic N) is 1. The minimum atomic E-state index is -0.442. The van der Waals surface area contributed by atoms with Crippen LogP contribution < -0.4 is 25.0 Å². The molecule has 2 aromatic carbocycles. The lowest BCUT2D eigenvalue weighted by atomic mass is 10.2. The van der Waals surface area contributed by atoms with Crippen molar-refractivity contribution in [1.82, 2.24) is 5.43 Å². The van der Waals surface area contributed by atoms with E-state index in [0.29, 0.717) is 34.2 Å². The Hall–Kier alpha value is -3.55. The van der Waals surface area contributed by atoms with Crippen LogP contribution in [0.5, 0.6) is 17.2 Å². The topological polar surface area (TPSA) is 98.3 Å². The number of ether oxygens (including phenoxy) is 3. The number of methoxy groups -OCH3 is 3. The lowest BCUT2D eigenvalue weighted by Gasteiger charge is -2.11. The summed E-state index contributed by atoms with van der Waals surface area (Å²) in [6.45, 7) is 3.57. The molecule has 0 bridgehead atoms. The number of carbonyl (C=O) groups excluding carboxylic acids is 2. The van der Waals surface area contributed by atoms with Gasteiger partial charge >= 0.3 is 0 Å². The van der Waals surface area contributed by atoms with Crippen LogP contribution in [0.2, 0.25) is 0 Å². The third-order valence-corrected chi connectivity index (χ3v) is 4.01. The summed E-state index contributed by atoms with van der Waals surface area (Å²) in [5.74, 6) is 0.830. The van der Waals surface area contributed by atoms with Crippen molar-refractivity contribution in [1.29, 1.82) is 0 Å². The van der Waals surface area contributed by atoms with Gasteiger partial charge in [-0.15, -0.1) is 0 Å². The summed E-state index contributed by atoms with van der Waals surface area (Å²) >= 11 is 0. The SMILES string of the molecule is COc1cc(OC)cc(C(=O)NN=C(C)CC(=O)Nc2cc(C)ccc2OC)c1. The highest BCUT2D eigenvalue weighted by Crippen LogP contribution is 2.25. The second kappa shape index (κ2) is 10.1. The number of aryl methyl sites for hydroxylation is 1. The highest BCUT2D eigenvalue weighted by atomic mass is 16.5. The molecule has 8 nitrogen and oxygen atoms in total. The molecule has 154 valence electrons. The van der Waals surface area contributed by atoms with Gasteiger partial charge in [-0.2, -0.15) is 5.10 Å². The molecule has 0 fully saturated rings. The zero-order valence-electron chi connectivity index (χ0n) is 17.2. The van der Waals surface area contributed by atoms with Gasteiger partial charge in [-0.3, -0.25) is 9.59 Å². The fourth-order valence-corrected chi connectivity index (χ4v) is 2.54. The van der Waals surface area contributed by atoms with E-state index < -0.39 is 5.91 Å². The molecular weight excluding hydrogens is 374 g/mol. The van der Waals surface area contributed by atoms with Crippen molar-refractivity contribution in [2.45, 2.75) is 20.3 Å². The number of rotatable bonds is 8. The maximum atomic E-state index is 12.3. The van der Waals surface area contributed by atoms with E-state index in [1.54, 1.807) is 31.2 Å². The van der Waals surface area contributed by atoms with Crippen molar-refractivity contribution in [3.8, 4) is 17.2 Å². The van der Waals surface area contributed by atoms with Crippen molar-refractivity contribution in [3.63, 3.8) is 0 Å². The van der Waals surface area contributed by atoms with Gasteiger partial charge in [0.15, 0.2) is 0 Å². The van der Waals surface area contributed by atoms with Crippen LogP contribution in [0.1, 0.15) is 29.3 Å². The van der Waals surface area contributed by atoms with Gasteiger partial charge in [-0.05, 0) is 43.7 Å². The Balaban J connectivity index is 2.00. The number of amides is 2. The molecule has 0 heterocycles. The van der Waals surface area contributed by atoms with E-state index in [2.05, 4.69) is 15.8 Å². The molecule has 0 unspecified atom stereocenters. The molecule has 2 rings (SSSR count). The van der Waals surface area contributed by atoms with E-state index in [1.807, 2.05) is 19.1 Å². The molecule has 0 atom stereocenters. The van der Waals surface area contributed by atoms with Gasteiger partial charge in [0, 0.05) is 17.3 Å². The largest absolute Gasteiger partial charge is 0.497 e. The fourth-order valence-electron chi connectivity index (χ4n) is 2.54. The van der Waals surface area contributed by atoms with Crippen LogP contribution in [-0.4, -0.2) is 38.9 Å². The Morgan fingerprint density at radius 1 is 0.966 bits per heavy atom. The lowest BCUT2D eigenvalue weighted by molar-refractivity contribution is -0.115. The van der Waals surface area contributed by atoms with Gasteiger partial charge in [-0.25, -0.2) is 5.43 Å². The van der Waals surface area contributed by atoms with Crippen molar-refractivity contribution < 1.29 is 23.8 Å². The van der Waals surface area contributed by atoms with Crippen LogP contribution in [-0.2, 0) is 4.79 Å². The number of anilines is 1. The standard InChI is InChI=1S/C21H25N3O5/c1-13-6-7-19(29-5)18(8-13)22-20(25)9-14(2)23-24-21(26)15-10-16(27-3)12-17(11-15)28-4/h6-8,10-12H,9H2,1-5H3,(H,22,25)(H,24,26). The van der Waals surface area contributed by atoms with Gasteiger partial charge in [0.25, 0.3) is 5.91 Å². The zero-order valence-corrected chi connectivity index (χ0v) is 17.2. The predicted molar refractivity (Wildman–Crippen MR) is 111 cm³/mol. The Bertz CT molecular complexity index is 902. The molecule has 0 saturated carbocycles. The summed E-state index contributed by atoms with van der Waals surface area (Å²) in [5.41, 5.74) is 4.78. The normalized spacial score (nSPS) is 10.9. The second-order valence-corrected chi connectivity index (χ2v) is 6.32. The molecule has 29 heavy (non-hydrogen) atoms. The third-order valence-electron chi connectivity index (χ3n) is 4.01. The summed E-state index contributed by atoms with van der Waals surface area (Å²) in [5, 5.41) is 6.79. The molecule has 0 aliphatic carbocycles. The third kappa shape index (κ3) is 6.24. The van der Waals surface area contributed by atoms with Gasteiger partial charge in [0.05, 0.1) is 33.4 Å². The van der Waals surface area contributed by atoms with Crippen molar-refractivity contribution in [3.05, 3.63) is 47.5 Å². The quantitative estimate of drug-likeness (QED) is 0.525. The Kier molecular flexibility index (Phi) is 7.59. The molecule has 8 heteroatoms. The van der Waals surface area contributed by atoms with E-state index >= 15 is 0 Å². The van der Waals surface area contributed by atoms with Crippen LogP contribution in [0, 0.1) is 6.92 Å². The average molecular weight is 399 g/mol. The molecule has 0 aromatic heterocycles. The molecule has 0 aliphatic rings. The first-order chi connectivity index (χ1) is 13.9. The minimum absolute atomic E-state index is 0.0127. The fraction of sp³-hybridized carbons (Fsp3) is 0.286. The van der Waals surface area contributed by atoms with Gasteiger partial charge < -0.3 is 19.5 Å². The summed E-state index contributed by atoms with van der Waals surface area (Å²) < 4.78 is 15.6. The monoisotopic (exact) mass is 399 g/mol. The first kappa shape index (κ1) is 21.7. The van der Waals surface area contributed by atoms with Gasteiger partial charge in [0.2, 0.25) is 5.91 Å². The van der Waals surface area contributed by atoms with Crippen molar-refractivity contribution in [2.75, 3.05) is 26.6 Å². The minimum Gasteiger partial charge on any atom is -0.497 e. The van der Waals surface area contributed by atoms with Crippen LogP contribution in [0.15, 0.2) is 41.5 Å². The first-order valence-corrected chi connectivity index (χ1v) is 8.87. The molecule has 2 amide bonds. The average Bonchev–Trinajstić information content (AvgIpc) is 2.71. The lowest BCUT2D eigenvalue weighted by Crippen LogP contribution is -2.21. The summed E-state index contributed by atoms with van der Waals surface area (Å²) in [6.07, 6.45) is 0.0127. The molecular formula is C21H25N3O5. The Labute approximate surface area is 169 Å². The van der Waals surface area contributed by atoms with Crippen molar-refractivity contribution in [2.24, 2.45) is 5.10 Å². The Morgan fingerprint density at radius 2 is 1.62 bits per heavy atom. The number of hydrogen-bond acceptors (Lipinski definition) is 6. The molecule has 0 radical (unpaired) electrons. The predicted octanol–water partition coefficient (Wildman–Crippen LogP) is 3.16. The van der Waals surface area contributed by atoms with Crippen molar-refractivity contribution >= 4 is 23.2 Å². The molecule has 0 aliphatic heterocycles. The van der Waals surface area contributed by atoms with Crippen LogP contribution in [0.3, 0.4) is 0 Å². The van der Waals surface area contributed by atoms with E-state index in [-0.39, 0.29) is 12.3 Å². The summed E-state index contributed by atoms with van der Waals surface area (Å²) in [6, 6.07) is 10.3. The first-order valence-electron chi connectivity index (χ1n) is 8.87. The maximum Gasteiger partial charge on any atom is 0.271 e. The van der Waals surface area contributed by atoms with E-state index in [1.165, 1.54) is 21.3 Å². The highest BCUT2D eigenvalue weighted by molar-refractivity contribution is 6.06. The van der Waals surface area contributed by atoms with Gasteiger partial charge in [-0.1, -0.05) is 6.07 Å². The van der Waals surface area contributed by atoms with Crippen LogP contribution in [0.4, 0.5) is 5.69 Å². The number of benzene rings is 2. The number of nitrogens with one attached hydrogen (secondary N) is 2. The Morgan fingerprint density at radius 3 is 2.21 bits per heavy atom.